The van der Waals surface area contributed by atoms with Crippen molar-refractivity contribution < 1.29 is 27.9 Å². The Hall–Kier alpha value is -2.20. The van der Waals surface area contributed by atoms with Gasteiger partial charge in [-0.05, 0) is 37.6 Å². The van der Waals surface area contributed by atoms with Crippen LogP contribution in [0.5, 0.6) is 0 Å². The van der Waals surface area contributed by atoms with Gasteiger partial charge in [0.15, 0.2) is 20.8 Å². The van der Waals surface area contributed by atoms with Crippen molar-refractivity contribution in [3.8, 4) is 0 Å². The number of amides is 1. The SMILES string of the molecule is CC(=O)c1ccc(N2C(=NC(=O)CCCC(=O)O)SC3CS(=O)(=O)CC32)cc1. The maximum atomic E-state index is 12.2. The first-order valence-electron chi connectivity index (χ1n) is 8.77. The summed E-state index contributed by atoms with van der Waals surface area (Å²) in [6.07, 6.45) is 0.106. The molecule has 3 rings (SSSR count). The zero-order chi connectivity index (χ0) is 20.5. The number of benzene rings is 1. The number of carboxylic acid groups (broad SMARTS) is 1. The lowest BCUT2D eigenvalue weighted by Crippen LogP contribution is -2.37. The van der Waals surface area contributed by atoms with E-state index in [2.05, 4.69) is 4.99 Å². The van der Waals surface area contributed by atoms with Crippen LogP contribution in [0.3, 0.4) is 0 Å². The molecule has 2 heterocycles. The van der Waals surface area contributed by atoms with Crippen LogP contribution < -0.4 is 4.90 Å². The molecule has 0 radical (unpaired) electrons. The van der Waals surface area contributed by atoms with Crippen molar-refractivity contribution in [1.82, 2.24) is 0 Å². The van der Waals surface area contributed by atoms with E-state index in [0.717, 1.165) is 0 Å². The molecule has 1 amide bonds. The van der Waals surface area contributed by atoms with Crippen molar-refractivity contribution >= 4 is 50.1 Å². The second-order valence-corrected chi connectivity index (χ2v) is 10.2. The number of amidine groups is 1. The van der Waals surface area contributed by atoms with Crippen LogP contribution in [0, 0.1) is 0 Å². The maximum absolute atomic E-state index is 12.2. The molecule has 0 spiro atoms. The van der Waals surface area contributed by atoms with Crippen molar-refractivity contribution in [2.24, 2.45) is 4.99 Å². The third-order valence-electron chi connectivity index (χ3n) is 4.62. The third-order valence-corrected chi connectivity index (χ3v) is 7.83. The van der Waals surface area contributed by atoms with Crippen LogP contribution in [0.25, 0.3) is 0 Å². The quantitative estimate of drug-likeness (QED) is 0.686. The van der Waals surface area contributed by atoms with Crippen LogP contribution in [0.4, 0.5) is 5.69 Å². The van der Waals surface area contributed by atoms with Gasteiger partial charge in [0.05, 0.1) is 17.5 Å². The van der Waals surface area contributed by atoms with Gasteiger partial charge in [0, 0.05) is 29.3 Å². The van der Waals surface area contributed by atoms with Crippen molar-refractivity contribution in [2.75, 3.05) is 16.4 Å². The van der Waals surface area contributed by atoms with Gasteiger partial charge in [-0.15, -0.1) is 0 Å². The minimum atomic E-state index is -3.17. The molecule has 2 aliphatic heterocycles. The maximum Gasteiger partial charge on any atom is 0.303 e. The molecule has 0 aromatic heterocycles. The van der Waals surface area contributed by atoms with E-state index in [4.69, 9.17) is 5.11 Å². The lowest BCUT2D eigenvalue weighted by molar-refractivity contribution is -0.137. The molecular formula is C18H20N2O6S2. The molecule has 1 aromatic rings. The number of carbonyl (C=O) groups is 3. The number of aliphatic imine (C=N–C) groups is 1. The van der Waals surface area contributed by atoms with Crippen LogP contribution in [0.1, 0.15) is 36.5 Å². The smallest absolute Gasteiger partial charge is 0.303 e. The van der Waals surface area contributed by atoms with Gasteiger partial charge in [-0.1, -0.05) is 11.8 Å². The average Bonchev–Trinajstić information content (AvgIpc) is 3.05. The highest BCUT2D eigenvalue weighted by Crippen LogP contribution is 2.41. The number of anilines is 1. The number of thioether (sulfide) groups is 1. The minimum absolute atomic E-state index is 0.0150. The predicted molar refractivity (Wildman–Crippen MR) is 107 cm³/mol. The van der Waals surface area contributed by atoms with Gasteiger partial charge in [0.2, 0.25) is 5.91 Å². The number of nitrogens with zero attached hydrogens (tertiary/aromatic N) is 2. The Morgan fingerprint density at radius 3 is 2.46 bits per heavy atom. The highest BCUT2D eigenvalue weighted by molar-refractivity contribution is 8.16. The van der Waals surface area contributed by atoms with Gasteiger partial charge in [0.25, 0.3) is 0 Å². The van der Waals surface area contributed by atoms with E-state index in [1.807, 2.05) is 0 Å². The van der Waals surface area contributed by atoms with E-state index >= 15 is 0 Å². The fourth-order valence-electron chi connectivity index (χ4n) is 3.28. The summed E-state index contributed by atoms with van der Waals surface area (Å²) in [5, 5.41) is 8.88. The van der Waals surface area contributed by atoms with Crippen LogP contribution in [-0.4, -0.2) is 59.1 Å². The number of carboxylic acids is 1. The molecule has 2 atom stereocenters. The van der Waals surface area contributed by atoms with Gasteiger partial charge in [-0.3, -0.25) is 14.4 Å². The summed E-state index contributed by atoms with van der Waals surface area (Å²) in [7, 11) is -3.17. The van der Waals surface area contributed by atoms with Crippen molar-refractivity contribution in [3.63, 3.8) is 0 Å². The second kappa shape index (κ2) is 8.04. The molecule has 150 valence electrons. The van der Waals surface area contributed by atoms with E-state index in [1.165, 1.54) is 18.7 Å². The summed E-state index contributed by atoms with van der Waals surface area (Å²) in [5.41, 5.74) is 1.20. The summed E-state index contributed by atoms with van der Waals surface area (Å²) in [5.74, 6) is -1.48. The molecule has 2 saturated heterocycles. The summed E-state index contributed by atoms with van der Waals surface area (Å²) >= 11 is 1.26. The number of sulfone groups is 1. The molecule has 0 saturated carbocycles. The molecule has 8 nitrogen and oxygen atoms in total. The van der Waals surface area contributed by atoms with Gasteiger partial charge in [-0.25, -0.2) is 8.42 Å². The lowest BCUT2D eigenvalue weighted by Gasteiger charge is -2.24. The minimum Gasteiger partial charge on any atom is -0.481 e. The summed E-state index contributed by atoms with van der Waals surface area (Å²) in [6, 6.07) is 6.42. The lowest BCUT2D eigenvalue weighted by atomic mass is 10.1. The van der Waals surface area contributed by atoms with Gasteiger partial charge >= 0.3 is 5.97 Å². The zero-order valence-electron chi connectivity index (χ0n) is 15.2. The standard InChI is InChI=1S/C18H20N2O6S2/c1-11(21)12-5-7-13(8-6-12)20-14-9-28(25,26)10-15(14)27-18(20)19-16(22)3-2-4-17(23)24/h5-8,14-15H,2-4,9-10H2,1H3,(H,23,24). The summed E-state index contributed by atoms with van der Waals surface area (Å²) in [6.45, 7) is 1.46. The number of ketones is 1. The van der Waals surface area contributed by atoms with Gasteiger partial charge in [0.1, 0.15) is 0 Å². The Morgan fingerprint density at radius 1 is 1.18 bits per heavy atom. The van der Waals surface area contributed by atoms with Gasteiger partial charge in [-0.2, -0.15) is 4.99 Å². The number of hydrogen-bond acceptors (Lipinski definition) is 6. The number of Topliss-reactive ketones (excluding diaryl/α,β-unsaturated/α-hetero) is 1. The molecule has 10 heteroatoms. The number of carbonyl (C=O) groups excluding carboxylic acids is 2. The van der Waals surface area contributed by atoms with Crippen LogP contribution in [0.2, 0.25) is 0 Å². The summed E-state index contributed by atoms with van der Waals surface area (Å²) < 4.78 is 24.1. The van der Waals surface area contributed by atoms with Crippen LogP contribution in [-0.2, 0) is 19.4 Å². The summed E-state index contributed by atoms with van der Waals surface area (Å²) in [4.78, 5) is 40.1. The normalized spacial score (nSPS) is 24.3. The fourth-order valence-corrected chi connectivity index (χ4v) is 7.21. The van der Waals surface area contributed by atoms with E-state index in [1.54, 1.807) is 29.2 Å². The fraction of sp³-hybridized carbons (Fsp3) is 0.444. The predicted octanol–water partition coefficient (Wildman–Crippen LogP) is 1.75. The molecule has 28 heavy (non-hydrogen) atoms. The Morgan fingerprint density at radius 2 is 1.86 bits per heavy atom. The molecule has 1 aromatic carbocycles. The molecular weight excluding hydrogens is 404 g/mol. The second-order valence-electron chi connectivity index (χ2n) is 6.81. The van der Waals surface area contributed by atoms with Crippen molar-refractivity contribution in [3.05, 3.63) is 29.8 Å². The van der Waals surface area contributed by atoms with E-state index in [9.17, 15) is 22.8 Å². The Labute approximate surface area is 166 Å². The van der Waals surface area contributed by atoms with E-state index in [0.29, 0.717) is 16.4 Å². The molecule has 0 aliphatic carbocycles. The van der Waals surface area contributed by atoms with Crippen LogP contribution >= 0.6 is 11.8 Å². The average molecular weight is 425 g/mol. The molecule has 2 unspecified atom stereocenters. The first-order valence-corrected chi connectivity index (χ1v) is 11.5. The topological polar surface area (TPSA) is 121 Å². The largest absolute Gasteiger partial charge is 0.481 e. The Bertz CT molecular complexity index is 939. The highest BCUT2D eigenvalue weighted by atomic mass is 32.2. The van der Waals surface area contributed by atoms with E-state index < -0.39 is 21.7 Å². The number of fused-ring (bicyclic) bond motifs is 1. The highest BCUT2D eigenvalue weighted by Gasteiger charge is 2.49. The van der Waals surface area contributed by atoms with Crippen molar-refractivity contribution in [1.29, 1.82) is 0 Å². The van der Waals surface area contributed by atoms with E-state index in [-0.39, 0.29) is 47.8 Å². The Kier molecular flexibility index (Phi) is 5.90. The number of hydrogen-bond donors (Lipinski definition) is 1. The van der Waals surface area contributed by atoms with Crippen molar-refractivity contribution in [2.45, 2.75) is 37.5 Å². The molecule has 2 fully saturated rings. The first-order chi connectivity index (χ1) is 13.2. The monoisotopic (exact) mass is 424 g/mol. The Balaban J connectivity index is 1.86. The molecule has 2 aliphatic rings. The number of aliphatic carboxylic acids is 1. The number of rotatable bonds is 6. The molecule has 1 N–H and O–H groups in total. The first kappa shape index (κ1) is 20.5. The third kappa shape index (κ3) is 4.61. The molecule has 0 bridgehead atoms. The van der Waals surface area contributed by atoms with Gasteiger partial charge < -0.3 is 10.0 Å². The van der Waals surface area contributed by atoms with Crippen LogP contribution in [0.15, 0.2) is 29.3 Å². The zero-order valence-corrected chi connectivity index (χ0v) is 16.8.